The molecule has 3 heteroatoms. The molecule has 1 N–H and O–H groups in total. The highest BCUT2D eigenvalue weighted by Crippen LogP contribution is 2.48. The number of aromatic nitrogens is 1. The van der Waals surface area contributed by atoms with Crippen molar-refractivity contribution in [2.24, 2.45) is 17.8 Å². The first-order valence-electron chi connectivity index (χ1n) is 6.44. The minimum Gasteiger partial charge on any atom is -0.311 e. The van der Waals surface area contributed by atoms with Crippen LogP contribution in [-0.4, -0.2) is 11.5 Å². The molecule has 2 aliphatic rings. The van der Waals surface area contributed by atoms with Crippen LogP contribution in [0, 0.1) is 24.7 Å². The molecule has 16 heavy (non-hydrogen) atoms. The van der Waals surface area contributed by atoms with Crippen LogP contribution >= 0.6 is 11.3 Å². The lowest BCUT2D eigenvalue weighted by atomic mass is 9.98. The van der Waals surface area contributed by atoms with Gasteiger partial charge in [0, 0.05) is 11.4 Å². The zero-order valence-electron chi connectivity index (χ0n) is 9.91. The van der Waals surface area contributed by atoms with Crippen molar-refractivity contribution < 1.29 is 0 Å². The molecule has 0 saturated heterocycles. The van der Waals surface area contributed by atoms with E-state index in [1.807, 2.05) is 5.51 Å². The van der Waals surface area contributed by atoms with Gasteiger partial charge in [0.05, 0.1) is 11.2 Å². The molecule has 0 bridgehead atoms. The molecular formula is C13H20N2S. The minimum atomic E-state index is 0.980. The number of thiazole rings is 1. The predicted molar refractivity (Wildman–Crippen MR) is 67.5 cm³/mol. The Labute approximate surface area is 101 Å². The topological polar surface area (TPSA) is 24.9 Å². The van der Waals surface area contributed by atoms with E-state index in [4.69, 9.17) is 0 Å². The van der Waals surface area contributed by atoms with Crippen molar-refractivity contribution in [1.82, 2.24) is 10.3 Å². The van der Waals surface area contributed by atoms with Gasteiger partial charge in [0.25, 0.3) is 0 Å². The van der Waals surface area contributed by atoms with Gasteiger partial charge in [-0.1, -0.05) is 0 Å². The van der Waals surface area contributed by atoms with Gasteiger partial charge in [-0.3, -0.25) is 0 Å². The van der Waals surface area contributed by atoms with E-state index in [0.29, 0.717) is 0 Å². The van der Waals surface area contributed by atoms with Gasteiger partial charge in [0.1, 0.15) is 0 Å². The predicted octanol–water partition coefficient (Wildman–Crippen LogP) is 2.98. The van der Waals surface area contributed by atoms with Crippen LogP contribution in [-0.2, 0) is 6.54 Å². The minimum absolute atomic E-state index is 0.980. The zero-order valence-corrected chi connectivity index (χ0v) is 10.7. The van der Waals surface area contributed by atoms with Crippen molar-refractivity contribution in [2.45, 2.75) is 39.2 Å². The SMILES string of the molecule is Cc1ncsc1CNCC(C1CC1)C1CC1. The Morgan fingerprint density at radius 2 is 2.06 bits per heavy atom. The maximum Gasteiger partial charge on any atom is 0.0798 e. The molecule has 0 unspecified atom stereocenters. The highest BCUT2D eigenvalue weighted by atomic mass is 32.1. The summed E-state index contributed by atoms with van der Waals surface area (Å²) < 4.78 is 0. The number of rotatable bonds is 6. The first-order chi connectivity index (χ1) is 7.84. The van der Waals surface area contributed by atoms with Crippen molar-refractivity contribution in [2.75, 3.05) is 6.54 Å². The van der Waals surface area contributed by atoms with Crippen LogP contribution in [0.15, 0.2) is 5.51 Å². The first-order valence-corrected chi connectivity index (χ1v) is 7.32. The summed E-state index contributed by atoms with van der Waals surface area (Å²) in [6, 6.07) is 0. The van der Waals surface area contributed by atoms with Crippen LogP contribution in [0.1, 0.15) is 36.3 Å². The third-order valence-corrected chi connectivity index (χ3v) is 4.90. The van der Waals surface area contributed by atoms with Crippen LogP contribution in [0.5, 0.6) is 0 Å². The van der Waals surface area contributed by atoms with Crippen LogP contribution < -0.4 is 5.32 Å². The summed E-state index contributed by atoms with van der Waals surface area (Å²) in [5.74, 6) is 3.10. The molecule has 1 heterocycles. The zero-order chi connectivity index (χ0) is 11.0. The Morgan fingerprint density at radius 1 is 1.38 bits per heavy atom. The molecule has 2 fully saturated rings. The summed E-state index contributed by atoms with van der Waals surface area (Å²) in [7, 11) is 0. The Morgan fingerprint density at radius 3 is 2.56 bits per heavy atom. The van der Waals surface area contributed by atoms with Gasteiger partial charge in [0.15, 0.2) is 0 Å². The molecule has 2 nitrogen and oxygen atoms in total. The Hall–Kier alpha value is -0.410. The summed E-state index contributed by atoms with van der Waals surface area (Å²) in [6.45, 7) is 4.35. The summed E-state index contributed by atoms with van der Waals surface area (Å²) in [4.78, 5) is 5.70. The first kappa shape index (κ1) is 10.7. The third kappa shape index (κ3) is 2.46. The smallest absolute Gasteiger partial charge is 0.0798 e. The van der Waals surface area contributed by atoms with Crippen LogP contribution in [0.4, 0.5) is 0 Å². The molecule has 1 aromatic rings. The summed E-state index contributed by atoms with van der Waals surface area (Å²) in [5, 5.41) is 3.64. The Balaban J connectivity index is 1.46. The van der Waals surface area contributed by atoms with Crippen molar-refractivity contribution in [1.29, 1.82) is 0 Å². The maximum absolute atomic E-state index is 4.29. The quantitative estimate of drug-likeness (QED) is 0.821. The lowest BCUT2D eigenvalue weighted by molar-refractivity contribution is 0.379. The van der Waals surface area contributed by atoms with Gasteiger partial charge < -0.3 is 5.32 Å². The van der Waals surface area contributed by atoms with Gasteiger partial charge in [-0.25, -0.2) is 4.98 Å². The van der Waals surface area contributed by atoms with E-state index in [2.05, 4.69) is 17.2 Å². The highest BCUT2D eigenvalue weighted by Gasteiger charge is 2.40. The fourth-order valence-corrected chi connectivity index (χ4v) is 3.36. The van der Waals surface area contributed by atoms with Gasteiger partial charge in [-0.15, -0.1) is 11.3 Å². The van der Waals surface area contributed by atoms with E-state index in [1.165, 1.54) is 42.8 Å². The summed E-state index contributed by atoms with van der Waals surface area (Å²) >= 11 is 1.78. The van der Waals surface area contributed by atoms with Gasteiger partial charge in [-0.2, -0.15) is 0 Å². The standard InChI is InChI=1S/C13H20N2S/c1-9-13(16-8-15-9)7-14-6-12(10-2-3-10)11-4-5-11/h8,10-12,14H,2-7H2,1H3. The molecule has 88 valence electrons. The van der Waals surface area contributed by atoms with Crippen LogP contribution in [0.2, 0.25) is 0 Å². The fourth-order valence-electron chi connectivity index (χ4n) is 2.62. The van der Waals surface area contributed by atoms with Crippen molar-refractivity contribution >= 4 is 11.3 Å². The molecule has 0 radical (unpaired) electrons. The average Bonchev–Trinajstić information content (AvgIpc) is 3.15. The molecule has 2 saturated carbocycles. The number of nitrogens with zero attached hydrogens (tertiary/aromatic N) is 1. The number of aryl methyl sites for hydroxylation is 1. The molecule has 0 aromatic carbocycles. The lowest BCUT2D eigenvalue weighted by Gasteiger charge is -2.15. The molecule has 0 aliphatic heterocycles. The van der Waals surface area contributed by atoms with Gasteiger partial charge in [0.2, 0.25) is 0 Å². The van der Waals surface area contributed by atoms with Gasteiger partial charge >= 0.3 is 0 Å². The Bertz CT molecular complexity index is 341. The van der Waals surface area contributed by atoms with Crippen molar-refractivity contribution in [3.8, 4) is 0 Å². The van der Waals surface area contributed by atoms with E-state index < -0.39 is 0 Å². The molecule has 0 amide bonds. The van der Waals surface area contributed by atoms with Crippen molar-refractivity contribution in [3.63, 3.8) is 0 Å². The average molecular weight is 236 g/mol. The molecule has 1 aromatic heterocycles. The molecule has 0 atom stereocenters. The third-order valence-electron chi connectivity index (χ3n) is 3.97. The van der Waals surface area contributed by atoms with Gasteiger partial charge in [-0.05, 0) is 56.9 Å². The van der Waals surface area contributed by atoms with Crippen LogP contribution in [0.3, 0.4) is 0 Å². The highest BCUT2D eigenvalue weighted by molar-refractivity contribution is 7.09. The number of hydrogen-bond donors (Lipinski definition) is 1. The van der Waals surface area contributed by atoms with E-state index in [0.717, 1.165) is 24.3 Å². The van der Waals surface area contributed by atoms with E-state index in [9.17, 15) is 0 Å². The summed E-state index contributed by atoms with van der Waals surface area (Å²) in [5.41, 5.74) is 3.15. The van der Waals surface area contributed by atoms with E-state index >= 15 is 0 Å². The van der Waals surface area contributed by atoms with E-state index in [1.54, 1.807) is 11.3 Å². The van der Waals surface area contributed by atoms with E-state index in [-0.39, 0.29) is 0 Å². The number of hydrogen-bond acceptors (Lipinski definition) is 3. The normalized spacial score (nSPS) is 20.6. The molecule has 3 rings (SSSR count). The van der Waals surface area contributed by atoms with Crippen LogP contribution in [0.25, 0.3) is 0 Å². The second kappa shape index (κ2) is 4.46. The largest absolute Gasteiger partial charge is 0.311 e. The maximum atomic E-state index is 4.29. The van der Waals surface area contributed by atoms with Crippen molar-refractivity contribution in [3.05, 3.63) is 16.1 Å². The molecule has 2 aliphatic carbocycles. The molecule has 0 spiro atoms. The molecular weight excluding hydrogens is 216 g/mol. The second-order valence-electron chi connectivity index (χ2n) is 5.33. The fraction of sp³-hybridized carbons (Fsp3) is 0.769. The second-order valence-corrected chi connectivity index (χ2v) is 6.27. The summed E-state index contributed by atoms with van der Waals surface area (Å²) in [6.07, 6.45) is 5.95. The lowest BCUT2D eigenvalue weighted by Crippen LogP contribution is -2.25. The Kier molecular flexibility index (Phi) is 2.99. The number of nitrogens with one attached hydrogen (secondary N) is 1. The monoisotopic (exact) mass is 236 g/mol.